The summed E-state index contributed by atoms with van der Waals surface area (Å²) in [5.41, 5.74) is 0.862. The van der Waals surface area contributed by atoms with Crippen LogP contribution >= 0.6 is 0 Å². The van der Waals surface area contributed by atoms with E-state index in [-0.39, 0.29) is 5.78 Å². The van der Waals surface area contributed by atoms with Crippen LogP contribution in [0.15, 0.2) is 11.8 Å². The van der Waals surface area contributed by atoms with Crippen LogP contribution in [0, 0.1) is 0 Å². The SMILES string of the molecule is CCC(=O)C(C)=CN(CC)CC. The molecule has 0 unspecified atom stereocenters. The molecule has 12 heavy (non-hydrogen) atoms. The summed E-state index contributed by atoms with van der Waals surface area (Å²) < 4.78 is 0. The van der Waals surface area contributed by atoms with E-state index in [0.717, 1.165) is 18.7 Å². The van der Waals surface area contributed by atoms with Crippen LogP contribution in [-0.2, 0) is 4.79 Å². The lowest BCUT2D eigenvalue weighted by molar-refractivity contribution is -0.115. The third-order valence-corrected chi connectivity index (χ3v) is 1.95. The van der Waals surface area contributed by atoms with Gasteiger partial charge in [0, 0.05) is 31.3 Å². The first-order valence-corrected chi connectivity index (χ1v) is 4.61. The van der Waals surface area contributed by atoms with Crippen LogP contribution in [0.1, 0.15) is 34.1 Å². The van der Waals surface area contributed by atoms with Gasteiger partial charge in [0.1, 0.15) is 0 Å². The highest BCUT2D eigenvalue weighted by Crippen LogP contribution is 2.01. The van der Waals surface area contributed by atoms with Gasteiger partial charge in [-0.3, -0.25) is 4.79 Å². The minimum atomic E-state index is 0.238. The van der Waals surface area contributed by atoms with E-state index in [1.54, 1.807) is 0 Å². The molecule has 0 radical (unpaired) electrons. The number of allylic oxidation sites excluding steroid dienone is 1. The molecule has 0 amide bonds. The molecule has 0 aliphatic rings. The van der Waals surface area contributed by atoms with Gasteiger partial charge in [-0.1, -0.05) is 6.92 Å². The molecule has 0 rings (SSSR count). The number of Topliss-reactive ketones (excluding diaryl/α,β-unsaturated/α-hetero) is 1. The van der Waals surface area contributed by atoms with Crippen molar-refractivity contribution in [2.45, 2.75) is 34.1 Å². The fourth-order valence-corrected chi connectivity index (χ4v) is 1.03. The Morgan fingerprint density at radius 1 is 1.25 bits per heavy atom. The zero-order valence-corrected chi connectivity index (χ0v) is 8.55. The average molecular weight is 169 g/mol. The summed E-state index contributed by atoms with van der Waals surface area (Å²) in [6, 6.07) is 0. The van der Waals surface area contributed by atoms with Crippen LogP contribution in [0.4, 0.5) is 0 Å². The van der Waals surface area contributed by atoms with Gasteiger partial charge in [-0.2, -0.15) is 0 Å². The van der Waals surface area contributed by atoms with Gasteiger partial charge >= 0.3 is 0 Å². The van der Waals surface area contributed by atoms with Crippen molar-refractivity contribution in [3.63, 3.8) is 0 Å². The number of rotatable bonds is 5. The van der Waals surface area contributed by atoms with Crippen molar-refractivity contribution in [3.8, 4) is 0 Å². The highest BCUT2D eigenvalue weighted by molar-refractivity contribution is 5.94. The van der Waals surface area contributed by atoms with Gasteiger partial charge in [0.2, 0.25) is 0 Å². The van der Waals surface area contributed by atoms with Crippen LogP contribution in [0.2, 0.25) is 0 Å². The summed E-state index contributed by atoms with van der Waals surface area (Å²) in [5.74, 6) is 0.238. The van der Waals surface area contributed by atoms with E-state index in [1.807, 2.05) is 20.0 Å². The molecule has 2 nitrogen and oxygen atoms in total. The number of hydrogen-bond donors (Lipinski definition) is 0. The molecule has 0 atom stereocenters. The number of nitrogens with zero attached hydrogens (tertiary/aromatic N) is 1. The van der Waals surface area contributed by atoms with Crippen LogP contribution in [0.5, 0.6) is 0 Å². The van der Waals surface area contributed by atoms with Crippen molar-refractivity contribution < 1.29 is 4.79 Å². The standard InChI is InChI=1S/C10H19NO/c1-5-10(12)9(4)8-11(6-2)7-3/h8H,5-7H2,1-4H3. The maximum atomic E-state index is 11.2. The summed E-state index contributed by atoms with van der Waals surface area (Å²) in [6.07, 6.45) is 2.55. The molecule has 0 fully saturated rings. The number of ketones is 1. The molecule has 0 aromatic heterocycles. The van der Waals surface area contributed by atoms with Crippen molar-refractivity contribution in [1.29, 1.82) is 0 Å². The van der Waals surface area contributed by atoms with Gasteiger partial charge in [0.15, 0.2) is 5.78 Å². The maximum absolute atomic E-state index is 11.2. The highest BCUT2D eigenvalue weighted by Gasteiger charge is 2.01. The van der Waals surface area contributed by atoms with Crippen molar-refractivity contribution in [1.82, 2.24) is 4.90 Å². The predicted molar refractivity (Wildman–Crippen MR) is 52.0 cm³/mol. The second-order valence-corrected chi connectivity index (χ2v) is 2.81. The summed E-state index contributed by atoms with van der Waals surface area (Å²) in [6.45, 7) is 9.87. The monoisotopic (exact) mass is 169 g/mol. The van der Waals surface area contributed by atoms with E-state index in [0.29, 0.717) is 6.42 Å². The lowest BCUT2D eigenvalue weighted by Gasteiger charge is -2.16. The molecular weight excluding hydrogens is 150 g/mol. The summed E-state index contributed by atoms with van der Waals surface area (Å²) in [7, 11) is 0. The molecule has 0 saturated heterocycles. The lowest BCUT2D eigenvalue weighted by Crippen LogP contribution is -2.17. The van der Waals surface area contributed by atoms with Gasteiger partial charge in [0.05, 0.1) is 0 Å². The molecular formula is C10H19NO. The largest absolute Gasteiger partial charge is 0.378 e. The third kappa shape index (κ3) is 3.56. The van der Waals surface area contributed by atoms with Crippen LogP contribution in [0.3, 0.4) is 0 Å². The second-order valence-electron chi connectivity index (χ2n) is 2.81. The van der Waals surface area contributed by atoms with E-state index in [1.165, 1.54) is 0 Å². The molecule has 0 heterocycles. The highest BCUT2D eigenvalue weighted by atomic mass is 16.1. The quantitative estimate of drug-likeness (QED) is 0.588. The lowest BCUT2D eigenvalue weighted by atomic mass is 10.1. The number of hydrogen-bond acceptors (Lipinski definition) is 2. The molecule has 0 saturated carbocycles. The second kappa shape index (κ2) is 5.81. The minimum Gasteiger partial charge on any atom is -0.378 e. The molecule has 0 aliphatic carbocycles. The first-order valence-electron chi connectivity index (χ1n) is 4.61. The molecule has 0 bridgehead atoms. The summed E-state index contributed by atoms with van der Waals surface area (Å²) in [5, 5.41) is 0. The summed E-state index contributed by atoms with van der Waals surface area (Å²) >= 11 is 0. The zero-order valence-electron chi connectivity index (χ0n) is 8.55. The van der Waals surface area contributed by atoms with Crippen LogP contribution in [-0.4, -0.2) is 23.8 Å². The van der Waals surface area contributed by atoms with E-state index < -0.39 is 0 Å². The third-order valence-electron chi connectivity index (χ3n) is 1.95. The van der Waals surface area contributed by atoms with E-state index in [2.05, 4.69) is 18.7 Å². The topological polar surface area (TPSA) is 20.3 Å². The Labute approximate surface area is 75.3 Å². The Kier molecular flexibility index (Phi) is 5.43. The molecule has 0 spiro atoms. The van der Waals surface area contributed by atoms with Crippen molar-refractivity contribution in [3.05, 3.63) is 11.8 Å². The molecule has 2 heteroatoms. The molecule has 0 aromatic rings. The van der Waals surface area contributed by atoms with Crippen LogP contribution in [0.25, 0.3) is 0 Å². The Morgan fingerprint density at radius 2 is 1.75 bits per heavy atom. The van der Waals surface area contributed by atoms with Crippen molar-refractivity contribution in [2.75, 3.05) is 13.1 Å². The smallest absolute Gasteiger partial charge is 0.159 e. The van der Waals surface area contributed by atoms with E-state index >= 15 is 0 Å². The van der Waals surface area contributed by atoms with Gasteiger partial charge in [-0.15, -0.1) is 0 Å². The first kappa shape index (κ1) is 11.2. The Morgan fingerprint density at radius 3 is 2.08 bits per heavy atom. The van der Waals surface area contributed by atoms with E-state index in [9.17, 15) is 4.79 Å². The Bertz CT molecular complexity index is 169. The zero-order chi connectivity index (χ0) is 9.56. The van der Waals surface area contributed by atoms with Crippen molar-refractivity contribution >= 4 is 5.78 Å². The van der Waals surface area contributed by atoms with Crippen LogP contribution < -0.4 is 0 Å². The van der Waals surface area contributed by atoms with Gasteiger partial charge in [-0.25, -0.2) is 0 Å². The summed E-state index contributed by atoms with van der Waals surface area (Å²) in [4.78, 5) is 13.3. The maximum Gasteiger partial charge on any atom is 0.159 e. The molecule has 0 aliphatic heterocycles. The fourth-order valence-electron chi connectivity index (χ4n) is 1.03. The number of carbonyl (C=O) groups is 1. The van der Waals surface area contributed by atoms with Gasteiger partial charge in [-0.05, 0) is 20.8 Å². The van der Waals surface area contributed by atoms with E-state index in [4.69, 9.17) is 0 Å². The van der Waals surface area contributed by atoms with Gasteiger partial charge in [0.25, 0.3) is 0 Å². The molecule has 70 valence electrons. The van der Waals surface area contributed by atoms with Gasteiger partial charge < -0.3 is 4.90 Å². The van der Waals surface area contributed by atoms with Crippen molar-refractivity contribution in [2.24, 2.45) is 0 Å². The fraction of sp³-hybridized carbons (Fsp3) is 0.700. The predicted octanol–water partition coefficient (Wildman–Crippen LogP) is 2.21. The average Bonchev–Trinajstić information content (AvgIpc) is 2.12. The normalized spacial score (nSPS) is 11.5. The first-order chi connectivity index (χ1) is 5.65. The Balaban J connectivity index is 4.21. The minimum absolute atomic E-state index is 0.238. The Hall–Kier alpha value is -0.790. The molecule has 0 N–H and O–H groups in total. The molecule has 0 aromatic carbocycles. The number of carbonyl (C=O) groups excluding carboxylic acids is 1.